The van der Waals surface area contributed by atoms with Gasteiger partial charge in [-0.15, -0.1) is 0 Å². The first-order valence-electron chi connectivity index (χ1n) is 10.1. The lowest BCUT2D eigenvalue weighted by atomic mass is 9.76. The van der Waals surface area contributed by atoms with Gasteiger partial charge in [0.2, 0.25) is 0 Å². The Balaban J connectivity index is 1.35. The Morgan fingerprint density at radius 2 is 1.23 bits per heavy atom. The molecule has 0 aromatic heterocycles. The van der Waals surface area contributed by atoms with Crippen LogP contribution in [0.4, 0.5) is 0 Å². The third-order valence-corrected chi connectivity index (χ3v) is 6.22. The maximum atomic E-state index is 6.10. The second-order valence-electron chi connectivity index (χ2n) is 8.27. The fourth-order valence-corrected chi connectivity index (χ4v) is 4.32. The van der Waals surface area contributed by atoms with Crippen molar-refractivity contribution in [3.63, 3.8) is 0 Å². The van der Waals surface area contributed by atoms with E-state index in [9.17, 15) is 0 Å². The van der Waals surface area contributed by atoms with Crippen molar-refractivity contribution >= 4 is 0 Å². The van der Waals surface area contributed by atoms with E-state index in [1.54, 1.807) is 0 Å². The van der Waals surface area contributed by atoms with Gasteiger partial charge in [0, 0.05) is 11.5 Å². The van der Waals surface area contributed by atoms with Crippen molar-refractivity contribution < 1.29 is 9.47 Å². The van der Waals surface area contributed by atoms with Crippen LogP contribution < -0.4 is 0 Å². The van der Waals surface area contributed by atoms with Crippen molar-refractivity contribution in [2.75, 3.05) is 13.2 Å². The zero-order valence-electron chi connectivity index (χ0n) is 16.0. The standard InChI is InChI=1S/C24H30O2/c1-17-3-7-19(8-4-17)20-11-13-22(14-12-20)24-25-15-23(16-26-24)21-9-5-18(2)6-10-21/h3-4,7-8,11-14,18,21,23-24H,5-6,9-10,15-16H2,1-2H3. The number of hydrogen-bond donors (Lipinski definition) is 0. The van der Waals surface area contributed by atoms with Gasteiger partial charge < -0.3 is 9.47 Å². The van der Waals surface area contributed by atoms with Crippen LogP contribution in [0.2, 0.25) is 0 Å². The van der Waals surface area contributed by atoms with Crippen LogP contribution in [-0.4, -0.2) is 13.2 Å². The fourth-order valence-electron chi connectivity index (χ4n) is 4.32. The molecule has 0 atom stereocenters. The van der Waals surface area contributed by atoms with Crippen LogP contribution >= 0.6 is 0 Å². The Hall–Kier alpha value is -1.64. The fraction of sp³-hybridized carbons (Fsp3) is 0.500. The van der Waals surface area contributed by atoms with E-state index in [1.807, 2.05) is 0 Å². The highest BCUT2D eigenvalue weighted by atomic mass is 16.7. The summed E-state index contributed by atoms with van der Waals surface area (Å²) >= 11 is 0. The van der Waals surface area contributed by atoms with Gasteiger partial charge >= 0.3 is 0 Å². The van der Waals surface area contributed by atoms with Crippen molar-refractivity contribution in [1.82, 2.24) is 0 Å². The molecular formula is C24H30O2. The monoisotopic (exact) mass is 350 g/mol. The molecule has 0 bridgehead atoms. The van der Waals surface area contributed by atoms with Crippen molar-refractivity contribution in [2.45, 2.75) is 45.8 Å². The van der Waals surface area contributed by atoms with Crippen molar-refractivity contribution in [3.8, 4) is 11.1 Å². The lowest BCUT2D eigenvalue weighted by Gasteiger charge is -2.37. The molecule has 1 heterocycles. The molecule has 1 aliphatic carbocycles. The molecule has 0 N–H and O–H groups in total. The van der Waals surface area contributed by atoms with Gasteiger partial charge in [0.1, 0.15) is 0 Å². The minimum atomic E-state index is -0.208. The van der Waals surface area contributed by atoms with Gasteiger partial charge in [0.05, 0.1) is 13.2 Å². The van der Waals surface area contributed by atoms with Crippen molar-refractivity contribution in [1.29, 1.82) is 0 Å². The topological polar surface area (TPSA) is 18.5 Å². The molecule has 1 aliphatic heterocycles. The molecule has 0 radical (unpaired) electrons. The SMILES string of the molecule is Cc1ccc(-c2ccc(C3OCC(C4CCC(C)CC4)CO3)cc2)cc1. The summed E-state index contributed by atoms with van der Waals surface area (Å²) in [6, 6.07) is 17.3. The van der Waals surface area contributed by atoms with E-state index < -0.39 is 0 Å². The van der Waals surface area contributed by atoms with Crippen molar-refractivity contribution in [2.24, 2.45) is 17.8 Å². The predicted octanol–water partition coefficient (Wildman–Crippen LogP) is 6.15. The molecule has 1 saturated carbocycles. The summed E-state index contributed by atoms with van der Waals surface area (Å²) in [5.74, 6) is 2.26. The molecule has 138 valence electrons. The average molecular weight is 351 g/mol. The molecule has 0 amide bonds. The second kappa shape index (κ2) is 7.94. The normalized spacial score (nSPS) is 29.5. The minimum absolute atomic E-state index is 0.208. The Kier molecular flexibility index (Phi) is 5.42. The second-order valence-corrected chi connectivity index (χ2v) is 8.27. The summed E-state index contributed by atoms with van der Waals surface area (Å²) in [6.07, 6.45) is 5.21. The first kappa shape index (κ1) is 17.8. The van der Waals surface area contributed by atoms with Crippen LogP contribution in [0.3, 0.4) is 0 Å². The summed E-state index contributed by atoms with van der Waals surface area (Å²) in [5, 5.41) is 0. The summed E-state index contributed by atoms with van der Waals surface area (Å²) in [7, 11) is 0. The molecular weight excluding hydrogens is 320 g/mol. The molecule has 0 spiro atoms. The lowest BCUT2D eigenvalue weighted by Crippen LogP contribution is -2.34. The molecule has 2 aromatic rings. The van der Waals surface area contributed by atoms with Crippen LogP contribution in [0.5, 0.6) is 0 Å². The van der Waals surface area contributed by atoms with Gasteiger partial charge in [0.25, 0.3) is 0 Å². The summed E-state index contributed by atoms with van der Waals surface area (Å²) in [6.45, 7) is 6.17. The van der Waals surface area contributed by atoms with Gasteiger partial charge in [-0.1, -0.05) is 73.9 Å². The van der Waals surface area contributed by atoms with E-state index >= 15 is 0 Å². The number of ether oxygens (including phenoxy) is 2. The summed E-state index contributed by atoms with van der Waals surface area (Å²) in [5.41, 5.74) is 4.89. The van der Waals surface area contributed by atoms with Crippen LogP contribution in [0.1, 0.15) is 50.0 Å². The van der Waals surface area contributed by atoms with Gasteiger partial charge in [0.15, 0.2) is 6.29 Å². The number of hydrogen-bond acceptors (Lipinski definition) is 2. The van der Waals surface area contributed by atoms with Crippen LogP contribution in [0, 0.1) is 24.7 Å². The first-order valence-corrected chi connectivity index (χ1v) is 10.1. The maximum Gasteiger partial charge on any atom is 0.183 e. The molecule has 26 heavy (non-hydrogen) atoms. The Labute approximate surface area is 157 Å². The number of rotatable bonds is 3. The van der Waals surface area contributed by atoms with Gasteiger partial charge in [-0.3, -0.25) is 0 Å². The predicted molar refractivity (Wildman–Crippen MR) is 106 cm³/mol. The largest absolute Gasteiger partial charge is 0.348 e. The Bertz CT molecular complexity index is 688. The smallest absolute Gasteiger partial charge is 0.183 e. The molecule has 2 nitrogen and oxygen atoms in total. The lowest BCUT2D eigenvalue weighted by molar-refractivity contribution is -0.214. The number of benzene rings is 2. The molecule has 1 saturated heterocycles. The van der Waals surface area contributed by atoms with Gasteiger partial charge in [-0.2, -0.15) is 0 Å². The molecule has 0 unspecified atom stereocenters. The number of aryl methyl sites for hydroxylation is 1. The molecule has 2 aliphatic rings. The zero-order valence-corrected chi connectivity index (χ0v) is 16.0. The van der Waals surface area contributed by atoms with Crippen LogP contribution in [0.15, 0.2) is 48.5 Å². The highest BCUT2D eigenvalue weighted by Crippen LogP contribution is 2.37. The van der Waals surface area contributed by atoms with E-state index in [0.29, 0.717) is 5.92 Å². The summed E-state index contributed by atoms with van der Waals surface area (Å²) < 4.78 is 12.2. The summed E-state index contributed by atoms with van der Waals surface area (Å²) in [4.78, 5) is 0. The molecule has 2 heteroatoms. The molecule has 4 rings (SSSR count). The molecule has 2 fully saturated rings. The van der Waals surface area contributed by atoms with Crippen molar-refractivity contribution in [3.05, 3.63) is 59.7 Å². The third kappa shape index (κ3) is 4.02. The zero-order chi connectivity index (χ0) is 17.9. The highest BCUT2D eigenvalue weighted by Gasteiger charge is 2.31. The average Bonchev–Trinajstić information content (AvgIpc) is 2.70. The first-order chi connectivity index (χ1) is 12.7. The highest BCUT2D eigenvalue weighted by molar-refractivity contribution is 5.63. The maximum absolute atomic E-state index is 6.10. The molecule has 2 aromatic carbocycles. The van der Waals surface area contributed by atoms with E-state index in [0.717, 1.165) is 30.6 Å². The van der Waals surface area contributed by atoms with E-state index in [1.165, 1.54) is 42.4 Å². The van der Waals surface area contributed by atoms with Crippen LogP contribution in [0.25, 0.3) is 11.1 Å². The van der Waals surface area contributed by atoms with E-state index in [2.05, 4.69) is 62.4 Å². The van der Waals surface area contributed by atoms with Gasteiger partial charge in [-0.25, -0.2) is 0 Å². The Morgan fingerprint density at radius 1 is 0.692 bits per heavy atom. The van der Waals surface area contributed by atoms with Gasteiger partial charge in [-0.05, 0) is 42.7 Å². The van der Waals surface area contributed by atoms with E-state index in [4.69, 9.17) is 9.47 Å². The minimum Gasteiger partial charge on any atom is -0.348 e. The quantitative estimate of drug-likeness (QED) is 0.661. The van der Waals surface area contributed by atoms with Crippen LogP contribution in [-0.2, 0) is 9.47 Å². The third-order valence-electron chi connectivity index (χ3n) is 6.22. The Morgan fingerprint density at radius 3 is 1.81 bits per heavy atom. The van der Waals surface area contributed by atoms with E-state index in [-0.39, 0.29) is 6.29 Å².